The SMILES string of the molecule is COc1cc(-c2cc(C3=CC(OCC(=O)Nc4nc5ccc(Cl)cc5s4)C(OC)(OC)C=C3)on2)cc(OC)c1OC. The topological polar surface area (TPSA) is 123 Å². The van der Waals surface area contributed by atoms with Gasteiger partial charge in [-0.3, -0.25) is 10.1 Å². The van der Waals surface area contributed by atoms with Gasteiger partial charge in [-0.15, -0.1) is 0 Å². The van der Waals surface area contributed by atoms with Crippen molar-refractivity contribution in [1.29, 1.82) is 0 Å². The number of benzene rings is 2. The number of fused-ring (bicyclic) bond motifs is 1. The minimum atomic E-state index is -1.27. The predicted octanol–water partition coefficient (Wildman–Crippen LogP) is 5.60. The van der Waals surface area contributed by atoms with Crippen LogP contribution in [-0.2, 0) is 19.0 Å². The largest absolute Gasteiger partial charge is 0.493 e. The first kappa shape index (κ1) is 29.5. The Hall–Kier alpha value is -3.94. The molecule has 2 heterocycles. The van der Waals surface area contributed by atoms with Crippen LogP contribution in [0.15, 0.2) is 59.1 Å². The highest BCUT2D eigenvalue weighted by atomic mass is 35.5. The Morgan fingerprint density at radius 2 is 1.79 bits per heavy atom. The summed E-state index contributed by atoms with van der Waals surface area (Å²) in [7, 11) is 7.61. The third-order valence-corrected chi connectivity index (χ3v) is 7.78. The lowest BCUT2D eigenvalue weighted by molar-refractivity contribution is -0.225. The number of allylic oxidation sites excluding steroid dienone is 2. The molecule has 0 radical (unpaired) electrons. The number of nitrogens with one attached hydrogen (secondary N) is 1. The summed E-state index contributed by atoms with van der Waals surface area (Å²) < 4.78 is 40.2. The monoisotopic (exact) mass is 613 g/mol. The van der Waals surface area contributed by atoms with Crippen LogP contribution in [0.5, 0.6) is 17.2 Å². The summed E-state index contributed by atoms with van der Waals surface area (Å²) in [4.78, 5) is 17.2. The van der Waals surface area contributed by atoms with E-state index in [1.807, 2.05) is 0 Å². The average Bonchev–Trinajstić information content (AvgIpc) is 3.66. The molecular formula is C29H28ClN3O8S. The van der Waals surface area contributed by atoms with Crippen LogP contribution in [0.4, 0.5) is 5.13 Å². The number of thiazole rings is 1. The first-order chi connectivity index (χ1) is 20.3. The van der Waals surface area contributed by atoms with Crippen molar-refractivity contribution in [3.8, 4) is 28.5 Å². The molecule has 0 bridgehead atoms. The van der Waals surface area contributed by atoms with Gasteiger partial charge in [-0.05, 0) is 48.6 Å². The minimum Gasteiger partial charge on any atom is -0.493 e. The lowest BCUT2D eigenvalue weighted by Gasteiger charge is -2.36. The molecule has 2 aromatic heterocycles. The number of methoxy groups -OCH3 is 5. The van der Waals surface area contributed by atoms with Crippen molar-refractivity contribution in [2.24, 2.45) is 0 Å². The van der Waals surface area contributed by atoms with Crippen molar-refractivity contribution in [2.75, 3.05) is 47.5 Å². The number of hydrogen-bond acceptors (Lipinski definition) is 11. The molecule has 1 N–H and O–H groups in total. The maximum absolute atomic E-state index is 12.8. The summed E-state index contributed by atoms with van der Waals surface area (Å²) in [5.74, 6) is 0.240. The smallest absolute Gasteiger partial charge is 0.252 e. The summed E-state index contributed by atoms with van der Waals surface area (Å²) >= 11 is 7.38. The zero-order valence-electron chi connectivity index (χ0n) is 23.4. The van der Waals surface area contributed by atoms with Gasteiger partial charge in [-0.2, -0.15) is 0 Å². The van der Waals surface area contributed by atoms with Crippen LogP contribution in [0.3, 0.4) is 0 Å². The Bertz CT molecular complexity index is 1630. The number of amides is 1. The first-order valence-electron chi connectivity index (χ1n) is 12.6. The summed E-state index contributed by atoms with van der Waals surface area (Å²) in [5, 5.41) is 8.03. The number of halogens is 1. The second-order valence-corrected chi connectivity index (χ2v) is 10.5. The van der Waals surface area contributed by atoms with Gasteiger partial charge in [0.2, 0.25) is 11.5 Å². The van der Waals surface area contributed by atoms with Gasteiger partial charge >= 0.3 is 0 Å². The molecule has 2 aromatic carbocycles. The van der Waals surface area contributed by atoms with E-state index >= 15 is 0 Å². The fourth-order valence-corrected chi connectivity index (χ4v) is 5.62. The number of aromatic nitrogens is 2. The number of carbonyl (C=O) groups is 1. The Kier molecular flexibility index (Phi) is 8.80. The second-order valence-electron chi connectivity index (χ2n) is 8.99. The number of nitrogens with zero attached hydrogens (tertiary/aromatic N) is 2. The number of carbonyl (C=O) groups excluding carboxylic acids is 1. The van der Waals surface area contributed by atoms with Crippen molar-refractivity contribution in [3.05, 3.63) is 65.4 Å². The standard InChI is InChI=1S/C29H28ClN3O8S/c1-35-22-10-17(11-23(36-2)27(22)37-3)20-14-21(41-33-20)16-8-9-29(38-4,39-5)25(12-16)40-15-26(34)32-28-31-19-7-6-18(30)13-24(19)42-28/h6-14,25H,15H2,1-5H3,(H,31,32,34). The number of anilines is 1. The van der Waals surface area contributed by atoms with Gasteiger partial charge in [0.1, 0.15) is 18.4 Å². The summed E-state index contributed by atoms with van der Waals surface area (Å²) in [6.07, 6.45) is 4.42. The zero-order valence-corrected chi connectivity index (χ0v) is 25.0. The molecule has 0 spiro atoms. The summed E-state index contributed by atoms with van der Waals surface area (Å²) in [5.41, 5.74) is 2.63. The molecule has 42 heavy (non-hydrogen) atoms. The average molecular weight is 614 g/mol. The van der Waals surface area contributed by atoms with E-state index < -0.39 is 17.8 Å². The predicted molar refractivity (Wildman–Crippen MR) is 158 cm³/mol. The summed E-state index contributed by atoms with van der Waals surface area (Å²) in [6, 6.07) is 10.7. The van der Waals surface area contributed by atoms with Crippen LogP contribution in [0.2, 0.25) is 5.02 Å². The van der Waals surface area contributed by atoms with E-state index in [0.29, 0.717) is 50.0 Å². The molecule has 0 aliphatic heterocycles. The van der Waals surface area contributed by atoms with Crippen LogP contribution in [-0.4, -0.2) is 70.1 Å². The maximum Gasteiger partial charge on any atom is 0.252 e. The van der Waals surface area contributed by atoms with E-state index in [-0.39, 0.29) is 6.61 Å². The van der Waals surface area contributed by atoms with Crippen molar-refractivity contribution < 1.29 is 37.7 Å². The van der Waals surface area contributed by atoms with Crippen molar-refractivity contribution in [1.82, 2.24) is 10.1 Å². The fraction of sp³-hybridized carbons (Fsp3) is 0.276. The lowest BCUT2D eigenvalue weighted by atomic mass is 9.96. The highest BCUT2D eigenvalue weighted by molar-refractivity contribution is 7.22. The van der Waals surface area contributed by atoms with E-state index in [2.05, 4.69) is 15.5 Å². The first-order valence-corrected chi connectivity index (χ1v) is 13.8. The van der Waals surface area contributed by atoms with Crippen LogP contribution < -0.4 is 19.5 Å². The number of ether oxygens (including phenoxy) is 6. The number of rotatable bonds is 11. The molecule has 1 aliphatic rings. The highest BCUT2D eigenvalue weighted by Crippen LogP contribution is 2.41. The molecule has 220 valence electrons. The lowest BCUT2D eigenvalue weighted by Crippen LogP contribution is -2.47. The van der Waals surface area contributed by atoms with Gasteiger partial charge < -0.3 is 32.9 Å². The Morgan fingerprint density at radius 3 is 2.45 bits per heavy atom. The molecule has 13 heteroatoms. The fourth-order valence-electron chi connectivity index (χ4n) is 4.46. The number of hydrogen-bond donors (Lipinski definition) is 1. The van der Waals surface area contributed by atoms with Crippen LogP contribution >= 0.6 is 22.9 Å². The Morgan fingerprint density at radius 1 is 1.05 bits per heavy atom. The van der Waals surface area contributed by atoms with Gasteiger partial charge in [-0.1, -0.05) is 28.1 Å². The van der Waals surface area contributed by atoms with Gasteiger partial charge in [0.25, 0.3) is 5.91 Å². The van der Waals surface area contributed by atoms with Crippen molar-refractivity contribution >= 4 is 49.8 Å². The van der Waals surface area contributed by atoms with Crippen molar-refractivity contribution in [3.63, 3.8) is 0 Å². The zero-order chi connectivity index (χ0) is 29.9. The van der Waals surface area contributed by atoms with Crippen LogP contribution in [0, 0.1) is 0 Å². The molecular weight excluding hydrogens is 586 g/mol. The van der Waals surface area contributed by atoms with Gasteiger partial charge in [0, 0.05) is 36.4 Å². The molecule has 0 fully saturated rings. The molecule has 1 unspecified atom stereocenters. The minimum absolute atomic E-state index is 0.291. The van der Waals surface area contributed by atoms with Gasteiger partial charge in [0.05, 0.1) is 31.5 Å². The molecule has 1 atom stereocenters. The third kappa shape index (κ3) is 5.85. The van der Waals surface area contributed by atoms with E-state index in [9.17, 15) is 4.79 Å². The van der Waals surface area contributed by atoms with Crippen LogP contribution in [0.1, 0.15) is 5.76 Å². The molecule has 1 aliphatic carbocycles. The van der Waals surface area contributed by atoms with E-state index in [1.54, 1.807) is 68.8 Å². The molecule has 5 rings (SSSR count). The van der Waals surface area contributed by atoms with E-state index in [0.717, 1.165) is 10.2 Å². The molecule has 1 amide bonds. The second kappa shape index (κ2) is 12.5. The van der Waals surface area contributed by atoms with Crippen LogP contribution in [0.25, 0.3) is 27.0 Å². The van der Waals surface area contributed by atoms with Gasteiger partial charge in [-0.25, -0.2) is 4.98 Å². The summed E-state index contributed by atoms with van der Waals surface area (Å²) in [6.45, 7) is -0.291. The maximum atomic E-state index is 12.8. The molecule has 0 saturated heterocycles. The molecule has 11 nitrogen and oxygen atoms in total. The quantitative estimate of drug-likeness (QED) is 0.214. The Labute approximate surface area is 250 Å². The molecule has 4 aromatic rings. The van der Waals surface area contributed by atoms with Crippen molar-refractivity contribution in [2.45, 2.75) is 11.9 Å². The third-order valence-electron chi connectivity index (χ3n) is 6.61. The van der Waals surface area contributed by atoms with E-state index in [1.165, 1.54) is 32.7 Å². The highest BCUT2D eigenvalue weighted by Gasteiger charge is 2.40. The van der Waals surface area contributed by atoms with E-state index in [4.69, 9.17) is 44.5 Å². The molecule has 0 saturated carbocycles. The Balaban J connectivity index is 1.35. The van der Waals surface area contributed by atoms with Gasteiger partial charge in [0.15, 0.2) is 22.4 Å². The normalized spacial score (nSPS) is 15.9.